The van der Waals surface area contributed by atoms with Crippen molar-refractivity contribution in [3.05, 3.63) is 59.1 Å². The number of nitrogens with zero attached hydrogens (tertiary/aromatic N) is 1. The molecule has 0 bridgehead atoms. The fourth-order valence-electron chi connectivity index (χ4n) is 2.76. The van der Waals surface area contributed by atoms with Gasteiger partial charge in [0, 0.05) is 0 Å². The maximum atomic E-state index is 12.4. The number of fused-ring (bicyclic) bond motifs is 1. The number of rotatable bonds is 7. The van der Waals surface area contributed by atoms with E-state index in [-0.39, 0.29) is 19.1 Å². The van der Waals surface area contributed by atoms with E-state index in [1.165, 1.54) is 0 Å². The maximum Gasteiger partial charge on any atom is 0.340 e. The number of benzene rings is 2. The van der Waals surface area contributed by atoms with Crippen LogP contribution in [0.4, 0.5) is 5.69 Å². The summed E-state index contributed by atoms with van der Waals surface area (Å²) in [4.78, 5) is 30.0. The van der Waals surface area contributed by atoms with Crippen molar-refractivity contribution in [2.45, 2.75) is 13.5 Å². The van der Waals surface area contributed by atoms with Crippen LogP contribution in [0.3, 0.4) is 0 Å². The number of amides is 1. The molecule has 1 amide bonds. The molecule has 0 radical (unpaired) electrons. The zero-order valence-corrected chi connectivity index (χ0v) is 16.1. The van der Waals surface area contributed by atoms with Crippen LogP contribution in [0.5, 0.6) is 0 Å². The largest absolute Gasteiger partial charge is 0.462 e. The number of likely N-dealkylation sites (N-methyl/N-ethyl adjacent to an activating group) is 1. The smallest absolute Gasteiger partial charge is 0.340 e. The number of nitrogens with one attached hydrogen (secondary N) is 2. The van der Waals surface area contributed by atoms with Crippen molar-refractivity contribution in [2.75, 3.05) is 25.5 Å². The highest BCUT2D eigenvalue weighted by molar-refractivity contribution is 7.18. The quantitative estimate of drug-likeness (QED) is 0.612. The van der Waals surface area contributed by atoms with E-state index in [1.54, 1.807) is 42.5 Å². The van der Waals surface area contributed by atoms with Gasteiger partial charge in [-0.05, 0) is 31.2 Å². The minimum Gasteiger partial charge on any atom is -0.462 e. The Morgan fingerprint density at radius 2 is 1.89 bits per heavy atom. The first-order valence-electron chi connectivity index (χ1n) is 8.78. The summed E-state index contributed by atoms with van der Waals surface area (Å²) in [6.45, 7) is 2.97. The van der Waals surface area contributed by atoms with Crippen molar-refractivity contribution < 1.29 is 19.2 Å². The molecule has 0 aliphatic carbocycles. The molecule has 1 aromatic heterocycles. The first kappa shape index (κ1) is 19.0. The number of ether oxygens (including phenoxy) is 1. The van der Waals surface area contributed by atoms with Crippen LogP contribution in [0.15, 0.2) is 48.5 Å². The number of hydrogen-bond donors (Lipinski definition) is 2. The second-order valence-corrected chi connectivity index (χ2v) is 7.32. The van der Waals surface area contributed by atoms with Gasteiger partial charge in [-0.15, -0.1) is 11.3 Å². The zero-order chi connectivity index (χ0) is 19.2. The van der Waals surface area contributed by atoms with Crippen LogP contribution >= 0.6 is 11.3 Å². The van der Waals surface area contributed by atoms with E-state index in [4.69, 9.17) is 4.74 Å². The number of aromatic nitrogens is 1. The molecular formula is C20H22N3O3S+. The zero-order valence-electron chi connectivity index (χ0n) is 15.3. The molecule has 0 aliphatic rings. The molecule has 7 heteroatoms. The Balaban J connectivity index is 1.61. The van der Waals surface area contributed by atoms with E-state index in [0.717, 1.165) is 20.1 Å². The molecule has 1 heterocycles. The van der Waals surface area contributed by atoms with Gasteiger partial charge in [-0.2, -0.15) is 0 Å². The Hall–Kier alpha value is -2.77. The summed E-state index contributed by atoms with van der Waals surface area (Å²) >= 11 is 1.64. The highest BCUT2D eigenvalue weighted by Gasteiger charge is 2.17. The lowest BCUT2D eigenvalue weighted by molar-refractivity contribution is -0.885. The van der Waals surface area contributed by atoms with Crippen LogP contribution in [-0.4, -0.2) is 37.1 Å². The lowest BCUT2D eigenvalue weighted by Gasteiger charge is -2.14. The minimum absolute atomic E-state index is 0.162. The monoisotopic (exact) mass is 384 g/mol. The van der Waals surface area contributed by atoms with Gasteiger partial charge >= 0.3 is 5.97 Å². The Kier molecular flexibility index (Phi) is 6.16. The molecule has 0 fully saturated rings. The maximum absolute atomic E-state index is 12.4. The topological polar surface area (TPSA) is 72.7 Å². The molecule has 3 rings (SSSR count). The predicted octanol–water partition coefficient (Wildman–Crippen LogP) is 2.13. The Morgan fingerprint density at radius 3 is 2.67 bits per heavy atom. The molecule has 2 N–H and O–H groups in total. The number of carbonyl (C=O) groups is 2. The van der Waals surface area contributed by atoms with Gasteiger partial charge in [-0.25, -0.2) is 9.78 Å². The van der Waals surface area contributed by atoms with E-state index in [1.807, 2.05) is 31.3 Å². The van der Waals surface area contributed by atoms with Crippen molar-refractivity contribution in [2.24, 2.45) is 0 Å². The normalized spacial score (nSPS) is 11.9. The number of thiazole rings is 1. The lowest BCUT2D eigenvalue weighted by atomic mass is 10.2. The molecule has 27 heavy (non-hydrogen) atoms. The molecule has 140 valence electrons. The number of anilines is 1. The van der Waals surface area contributed by atoms with Crippen molar-refractivity contribution in [1.29, 1.82) is 0 Å². The fraction of sp³-hybridized carbons (Fsp3) is 0.250. The molecule has 1 unspecified atom stereocenters. The minimum atomic E-state index is -0.441. The van der Waals surface area contributed by atoms with Gasteiger partial charge in [0.15, 0.2) is 6.54 Å². The number of hydrogen-bond acceptors (Lipinski definition) is 5. The number of esters is 1. The van der Waals surface area contributed by atoms with E-state index >= 15 is 0 Å². The molecule has 0 saturated carbocycles. The molecule has 0 spiro atoms. The molecule has 0 saturated heterocycles. The van der Waals surface area contributed by atoms with Gasteiger partial charge in [0.2, 0.25) is 0 Å². The summed E-state index contributed by atoms with van der Waals surface area (Å²) in [5, 5.41) is 3.81. The molecule has 1 atom stereocenters. The lowest BCUT2D eigenvalue weighted by Crippen LogP contribution is -3.08. The summed E-state index contributed by atoms with van der Waals surface area (Å²) in [6.07, 6.45) is 0. The van der Waals surface area contributed by atoms with Gasteiger partial charge in [0.05, 0.1) is 35.1 Å². The van der Waals surface area contributed by atoms with E-state index < -0.39 is 5.97 Å². The SMILES string of the molecule is CCOC(=O)c1ccccc1NC(=O)C[NH+](C)Cc1nc2ccccc2s1. The average Bonchev–Trinajstić information content (AvgIpc) is 3.04. The van der Waals surface area contributed by atoms with Crippen molar-refractivity contribution in [3.63, 3.8) is 0 Å². The molecule has 6 nitrogen and oxygen atoms in total. The summed E-state index contributed by atoms with van der Waals surface area (Å²) < 4.78 is 6.18. The first-order valence-corrected chi connectivity index (χ1v) is 9.60. The van der Waals surface area contributed by atoms with Crippen molar-refractivity contribution >= 4 is 39.1 Å². The number of para-hydroxylation sites is 2. The average molecular weight is 384 g/mol. The van der Waals surface area contributed by atoms with Crippen molar-refractivity contribution in [1.82, 2.24) is 4.98 Å². The van der Waals surface area contributed by atoms with E-state index in [9.17, 15) is 9.59 Å². The van der Waals surface area contributed by atoms with Gasteiger partial charge in [0.1, 0.15) is 11.6 Å². The second kappa shape index (κ2) is 8.75. The molecule has 2 aromatic carbocycles. The summed E-state index contributed by atoms with van der Waals surface area (Å²) in [6, 6.07) is 14.9. The summed E-state index contributed by atoms with van der Waals surface area (Å²) in [7, 11) is 1.95. The van der Waals surface area contributed by atoms with E-state index in [2.05, 4.69) is 10.3 Å². The highest BCUT2D eigenvalue weighted by Crippen LogP contribution is 2.20. The predicted molar refractivity (Wildman–Crippen MR) is 106 cm³/mol. The van der Waals surface area contributed by atoms with Crippen LogP contribution in [0, 0.1) is 0 Å². The Bertz CT molecular complexity index is 921. The third-order valence-corrected chi connectivity index (χ3v) is 4.99. The number of quaternary nitrogens is 1. The first-order chi connectivity index (χ1) is 13.1. The van der Waals surface area contributed by atoms with Gasteiger partial charge in [0.25, 0.3) is 5.91 Å². The molecule has 0 aliphatic heterocycles. The number of carbonyl (C=O) groups excluding carboxylic acids is 2. The van der Waals surface area contributed by atoms with Crippen LogP contribution in [-0.2, 0) is 16.1 Å². The van der Waals surface area contributed by atoms with Crippen LogP contribution in [0.25, 0.3) is 10.2 Å². The second-order valence-electron chi connectivity index (χ2n) is 6.20. The third kappa shape index (κ3) is 4.90. The molecular weight excluding hydrogens is 362 g/mol. The highest BCUT2D eigenvalue weighted by atomic mass is 32.1. The Morgan fingerprint density at radius 1 is 1.15 bits per heavy atom. The van der Waals surface area contributed by atoms with Crippen LogP contribution in [0.2, 0.25) is 0 Å². The van der Waals surface area contributed by atoms with Crippen LogP contribution in [0.1, 0.15) is 22.3 Å². The fourth-order valence-corrected chi connectivity index (χ4v) is 3.84. The van der Waals surface area contributed by atoms with Crippen LogP contribution < -0.4 is 10.2 Å². The summed E-state index contributed by atoms with van der Waals surface area (Å²) in [5.74, 6) is -0.603. The van der Waals surface area contributed by atoms with Crippen molar-refractivity contribution in [3.8, 4) is 0 Å². The molecule has 3 aromatic rings. The van der Waals surface area contributed by atoms with Gasteiger partial charge in [-0.3, -0.25) is 4.79 Å². The van der Waals surface area contributed by atoms with E-state index in [0.29, 0.717) is 17.8 Å². The Labute approximate surface area is 161 Å². The van der Waals surface area contributed by atoms with Gasteiger partial charge < -0.3 is 15.0 Å². The summed E-state index contributed by atoms with van der Waals surface area (Å²) in [5.41, 5.74) is 1.81. The standard InChI is InChI=1S/C20H21N3O3S/c1-3-26-20(25)14-8-4-5-9-15(14)21-18(24)12-23(2)13-19-22-16-10-6-7-11-17(16)27-19/h4-11H,3,12-13H2,1-2H3,(H,21,24)/p+1. The van der Waals surface area contributed by atoms with Gasteiger partial charge in [-0.1, -0.05) is 24.3 Å². The third-order valence-electron chi connectivity index (χ3n) is 3.95.